The molecule has 0 spiro atoms. The lowest BCUT2D eigenvalue weighted by atomic mass is 10.0. The zero-order chi connectivity index (χ0) is 12.1. The Labute approximate surface area is 97.0 Å². The van der Waals surface area contributed by atoms with Crippen molar-refractivity contribution in [3.8, 4) is 0 Å². The lowest BCUT2D eigenvalue weighted by molar-refractivity contribution is 0.1000. The first-order valence-electron chi connectivity index (χ1n) is 5.76. The van der Waals surface area contributed by atoms with Gasteiger partial charge in [0.15, 0.2) is 0 Å². The second kappa shape index (κ2) is 5.54. The standard InChI is InChI=1S/C13H20N2O/c1-4-10(5-2)15-12-8-6-7-11(9(12)3)13(14)16/h6-8,10,15H,4-5H2,1-3H3,(H2,14,16). The van der Waals surface area contributed by atoms with Gasteiger partial charge in [-0.05, 0) is 37.5 Å². The monoisotopic (exact) mass is 220 g/mol. The van der Waals surface area contributed by atoms with Crippen LogP contribution in [-0.4, -0.2) is 11.9 Å². The smallest absolute Gasteiger partial charge is 0.249 e. The lowest BCUT2D eigenvalue weighted by Gasteiger charge is -2.18. The fourth-order valence-electron chi connectivity index (χ4n) is 1.77. The molecule has 0 heterocycles. The van der Waals surface area contributed by atoms with Crippen LogP contribution in [0.3, 0.4) is 0 Å². The normalized spacial score (nSPS) is 10.5. The molecule has 0 aromatic heterocycles. The Morgan fingerprint density at radius 2 is 2.00 bits per heavy atom. The zero-order valence-electron chi connectivity index (χ0n) is 10.2. The summed E-state index contributed by atoms with van der Waals surface area (Å²) in [6, 6.07) is 6.05. The summed E-state index contributed by atoms with van der Waals surface area (Å²) < 4.78 is 0. The number of carbonyl (C=O) groups is 1. The molecule has 0 unspecified atom stereocenters. The van der Waals surface area contributed by atoms with Gasteiger partial charge in [0.05, 0.1) is 0 Å². The van der Waals surface area contributed by atoms with Crippen molar-refractivity contribution >= 4 is 11.6 Å². The minimum atomic E-state index is -0.370. The van der Waals surface area contributed by atoms with Crippen LogP contribution in [0.15, 0.2) is 18.2 Å². The van der Waals surface area contributed by atoms with E-state index in [1.54, 1.807) is 6.07 Å². The third-order valence-corrected chi connectivity index (χ3v) is 2.94. The van der Waals surface area contributed by atoms with Crippen molar-refractivity contribution < 1.29 is 4.79 Å². The first kappa shape index (κ1) is 12.6. The van der Waals surface area contributed by atoms with E-state index >= 15 is 0 Å². The van der Waals surface area contributed by atoms with Crippen molar-refractivity contribution in [1.29, 1.82) is 0 Å². The van der Waals surface area contributed by atoms with E-state index < -0.39 is 0 Å². The van der Waals surface area contributed by atoms with E-state index in [9.17, 15) is 4.79 Å². The number of hydrogen-bond acceptors (Lipinski definition) is 2. The molecule has 0 saturated heterocycles. The molecule has 0 aliphatic rings. The molecule has 0 fully saturated rings. The number of amides is 1. The summed E-state index contributed by atoms with van der Waals surface area (Å²) in [6.07, 6.45) is 2.13. The van der Waals surface area contributed by atoms with E-state index in [1.807, 2.05) is 19.1 Å². The Bertz CT molecular complexity index is 370. The van der Waals surface area contributed by atoms with Crippen LogP contribution < -0.4 is 11.1 Å². The number of carbonyl (C=O) groups excluding carboxylic acids is 1. The molecule has 0 aliphatic carbocycles. The number of benzene rings is 1. The lowest BCUT2D eigenvalue weighted by Crippen LogP contribution is -2.19. The van der Waals surface area contributed by atoms with E-state index in [0.717, 1.165) is 24.1 Å². The Hall–Kier alpha value is -1.51. The van der Waals surface area contributed by atoms with E-state index in [1.165, 1.54) is 0 Å². The molecule has 1 amide bonds. The van der Waals surface area contributed by atoms with E-state index in [2.05, 4.69) is 19.2 Å². The maximum Gasteiger partial charge on any atom is 0.249 e. The number of anilines is 1. The summed E-state index contributed by atoms with van der Waals surface area (Å²) in [4.78, 5) is 11.2. The summed E-state index contributed by atoms with van der Waals surface area (Å²) in [5.41, 5.74) is 7.84. The third kappa shape index (κ3) is 2.75. The van der Waals surface area contributed by atoms with Gasteiger partial charge in [0.2, 0.25) is 5.91 Å². The van der Waals surface area contributed by atoms with Crippen LogP contribution in [0.25, 0.3) is 0 Å². The zero-order valence-corrected chi connectivity index (χ0v) is 10.2. The molecule has 1 aromatic carbocycles. The molecule has 88 valence electrons. The minimum absolute atomic E-state index is 0.370. The van der Waals surface area contributed by atoms with Crippen LogP contribution >= 0.6 is 0 Å². The molecule has 0 saturated carbocycles. The van der Waals surface area contributed by atoms with Gasteiger partial charge in [0.1, 0.15) is 0 Å². The van der Waals surface area contributed by atoms with Crippen LogP contribution in [0.4, 0.5) is 5.69 Å². The third-order valence-electron chi connectivity index (χ3n) is 2.94. The van der Waals surface area contributed by atoms with Crippen LogP contribution in [0.1, 0.15) is 42.6 Å². The highest BCUT2D eigenvalue weighted by Gasteiger charge is 2.10. The Kier molecular flexibility index (Phi) is 4.35. The van der Waals surface area contributed by atoms with Gasteiger partial charge in [-0.1, -0.05) is 19.9 Å². The van der Waals surface area contributed by atoms with Crippen molar-refractivity contribution in [2.75, 3.05) is 5.32 Å². The Morgan fingerprint density at radius 3 is 2.50 bits per heavy atom. The minimum Gasteiger partial charge on any atom is -0.382 e. The summed E-state index contributed by atoms with van der Waals surface area (Å²) in [7, 11) is 0. The Morgan fingerprint density at radius 1 is 1.38 bits per heavy atom. The summed E-state index contributed by atoms with van der Waals surface area (Å²) in [5.74, 6) is -0.370. The van der Waals surface area contributed by atoms with Gasteiger partial charge in [0, 0.05) is 17.3 Å². The first-order valence-corrected chi connectivity index (χ1v) is 5.76. The molecule has 3 nitrogen and oxygen atoms in total. The molecule has 0 bridgehead atoms. The maximum atomic E-state index is 11.2. The highest BCUT2D eigenvalue weighted by Crippen LogP contribution is 2.20. The number of rotatable bonds is 5. The average Bonchev–Trinajstić information content (AvgIpc) is 2.27. The van der Waals surface area contributed by atoms with Gasteiger partial charge in [-0.2, -0.15) is 0 Å². The van der Waals surface area contributed by atoms with E-state index in [0.29, 0.717) is 11.6 Å². The van der Waals surface area contributed by atoms with Crippen LogP contribution in [0.5, 0.6) is 0 Å². The van der Waals surface area contributed by atoms with E-state index in [-0.39, 0.29) is 5.91 Å². The van der Waals surface area contributed by atoms with Crippen LogP contribution in [0, 0.1) is 6.92 Å². The van der Waals surface area contributed by atoms with Crippen molar-refractivity contribution in [3.63, 3.8) is 0 Å². The largest absolute Gasteiger partial charge is 0.382 e. The van der Waals surface area contributed by atoms with Crippen molar-refractivity contribution in [2.24, 2.45) is 5.73 Å². The predicted molar refractivity (Wildman–Crippen MR) is 67.7 cm³/mol. The highest BCUT2D eigenvalue weighted by molar-refractivity contribution is 5.95. The van der Waals surface area contributed by atoms with Crippen LogP contribution in [-0.2, 0) is 0 Å². The molecule has 1 rings (SSSR count). The van der Waals surface area contributed by atoms with Crippen molar-refractivity contribution in [2.45, 2.75) is 39.7 Å². The fraction of sp³-hybridized carbons (Fsp3) is 0.462. The number of hydrogen-bond donors (Lipinski definition) is 2. The number of nitrogens with one attached hydrogen (secondary N) is 1. The van der Waals surface area contributed by atoms with Gasteiger partial charge in [-0.15, -0.1) is 0 Å². The average molecular weight is 220 g/mol. The number of primary amides is 1. The topological polar surface area (TPSA) is 55.1 Å². The van der Waals surface area contributed by atoms with Gasteiger partial charge in [0.25, 0.3) is 0 Å². The van der Waals surface area contributed by atoms with Gasteiger partial charge in [-0.3, -0.25) is 4.79 Å². The summed E-state index contributed by atoms with van der Waals surface area (Å²) >= 11 is 0. The summed E-state index contributed by atoms with van der Waals surface area (Å²) in [6.45, 7) is 6.22. The molecule has 1 aromatic rings. The molecule has 3 N–H and O–H groups in total. The van der Waals surface area contributed by atoms with Crippen molar-refractivity contribution in [1.82, 2.24) is 0 Å². The SMILES string of the molecule is CCC(CC)Nc1cccc(C(N)=O)c1C. The van der Waals surface area contributed by atoms with Crippen LogP contribution in [0.2, 0.25) is 0 Å². The molecular formula is C13H20N2O. The summed E-state index contributed by atoms with van der Waals surface area (Å²) in [5, 5.41) is 3.43. The van der Waals surface area contributed by atoms with E-state index in [4.69, 9.17) is 5.73 Å². The molecule has 3 heteroatoms. The molecule has 0 radical (unpaired) electrons. The highest BCUT2D eigenvalue weighted by atomic mass is 16.1. The second-order valence-corrected chi connectivity index (χ2v) is 4.00. The second-order valence-electron chi connectivity index (χ2n) is 4.00. The molecule has 16 heavy (non-hydrogen) atoms. The van der Waals surface area contributed by atoms with Gasteiger partial charge < -0.3 is 11.1 Å². The Balaban J connectivity index is 2.97. The van der Waals surface area contributed by atoms with Gasteiger partial charge in [-0.25, -0.2) is 0 Å². The number of nitrogens with two attached hydrogens (primary N) is 1. The fourth-order valence-corrected chi connectivity index (χ4v) is 1.77. The molecule has 0 aliphatic heterocycles. The molecule has 0 atom stereocenters. The van der Waals surface area contributed by atoms with Crippen molar-refractivity contribution in [3.05, 3.63) is 29.3 Å². The predicted octanol–water partition coefficient (Wildman–Crippen LogP) is 2.69. The quantitative estimate of drug-likeness (QED) is 0.801. The first-order chi connectivity index (χ1) is 7.60. The molecular weight excluding hydrogens is 200 g/mol. The maximum absolute atomic E-state index is 11.2. The van der Waals surface area contributed by atoms with Gasteiger partial charge >= 0.3 is 0 Å².